The van der Waals surface area contributed by atoms with Crippen LogP contribution in [-0.2, 0) is 0 Å². The molecule has 3 nitrogen and oxygen atoms in total. The summed E-state index contributed by atoms with van der Waals surface area (Å²) in [5, 5.41) is 13.5. The molecule has 1 aromatic carbocycles. The Morgan fingerprint density at radius 3 is 2.44 bits per heavy atom. The molecule has 1 saturated carbocycles. The molecule has 0 spiro atoms. The molecule has 3 rings (SSSR count). The van der Waals surface area contributed by atoms with E-state index in [2.05, 4.69) is 45.9 Å². The Hall–Kier alpha value is -1.06. The Bertz CT molecular complexity index is 697. The van der Waals surface area contributed by atoms with Crippen molar-refractivity contribution in [3.8, 4) is 11.5 Å². The standard InChI is InChI=1S/C23H31O3.Li/c1-15-8-11-19-22(2,3)12-7-13-23(19,4)20(21(15)24)16-9-10-17(25-5)18(14-16)26-6;/h11,14-15,20-21H,7-8,12-13H2,1-6H3;/q-1;+1/t15-,20?,21?,23+;/m1./s1. The fourth-order valence-electron chi connectivity index (χ4n) is 5.33. The van der Waals surface area contributed by atoms with Crippen LogP contribution in [0.3, 0.4) is 0 Å². The van der Waals surface area contributed by atoms with Crippen LogP contribution in [0.1, 0.15) is 64.9 Å². The zero-order valence-electron chi connectivity index (χ0n) is 17.9. The number of fused-ring (bicyclic) bond motifs is 1. The molecule has 142 valence electrons. The van der Waals surface area contributed by atoms with Crippen molar-refractivity contribution in [3.05, 3.63) is 35.4 Å². The van der Waals surface area contributed by atoms with Gasteiger partial charge in [0, 0.05) is 5.56 Å². The van der Waals surface area contributed by atoms with Crippen LogP contribution in [0.4, 0.5) is 0 Å². The molecule has 27 heavy (non-hydrogen) atoms. The summed E-state index contributed by atoms with van der Waals surface area (Å²) >= 11 is 0. The first kappa shape index (κ1) is 22.2. The van der Waals surface area contributed by atoms with Crippen molar-refractivity contribution in [1.82, 2.24) is 0 Å². The second kappa shape index (κ2) is 8.12. The molecule has 0 radical (unpaired) electrons. The largest absolute Gasteiger partial charge is 1.00 e. The minimum absolute atomic E-state index is 0. The van der Waals surface area contributed by atoms with E-state index in [1.54, 1.807) is 14.2 Å². The maximum absolute atomic E-state index is 13.5. The molecule has 0 amide bonds. The van der Waals surface area contributed by atoms with E-state index in [0.717, 1.165) is 24.8 Å². The van der Waals surface area contributed by atoms with Crippen molar-refractivity contribution in [1.29, 1.82) is 0 Å². The van der Waals surface area contributed by atoms with Crippen LogP contribution >= 0.6 is 0 Å². The number of ether oxygens (including phenoxy) is 2. The quantitative estimate of drug-likeness (QED) is 0.601. The summed E-state index contributed by atoms with van der Waals surface area (Å²) in [5.41, 5.74) is 2.34. The third kappa shape index (κ3) is 3.78. The van der Waals surface area contributed by atoms with Gasteiger partial charge in [-0.25, -0.2) is 0 Å². The van der Waals surface area contributed by atoms with E-state index >= 15 is 0 Å². The van der Waals surface area contributed by atoms with Gasteiger partial charge >= 0.3 is 18.9 Å². The van der Waals surface area contributed by atoms with E-state index in [4.69, 9.17) is 9.47 Å². The molecule has 0 aromatic heterocycles. The van der Waals surface area contributed by atoms with Crippen LogP contribution in [0, 0.1) is 28.9 Å². The van der Waals surface area contributed by atoms with Gasteiger partial charge in [0.2, 0.25) is 5.75 Å². The van der Waals surface area contributed by atoms with Gasteiger partial charge in [0.1, 0.15) is 0 Å². The van der Waals surface area contributed by atoms with E-state index < -0.39 is 6.10 Å². The third-order valence-corrected chi connectivity index (χ3v) is 6.70. The number of hydrogen-bond donors (Lipinski definition) is 0. The Morgan fingerprint density at radius 2 is 1.81 bits per heavy atom. The Labute approximate surface area is 176 Å². The van der Waals surface area contributed by atoms with Gasteiger partial charge < -0.3 is 14.6 Å². The topological polar surface area (TPSA) is 41.5 Å². The van der Waals surface area contributed by atoms with Crippen molar-refractivity contribution in [2.75, 3.05) is 14.2 Å². The zero-order chi connectivity index (χ0) is 19.1. The average molecular weight is 362 g/mol. The van der Waals surface area contributed by atoms with E-state index in [1.165, 1.54) is 12.0 Å². The van der Waals surface area contributed by atoms with Crippen LogP contribution in [-0.4, -0.2) is 20.3 Å². The van der Waals surface area contributed by atoms with Gasteiger partial charge in [0.15, 0.2) is 5.75 Å². The van der Waals surface area contributed by atoms with Crippen molar-refractivity contribution in [2.24, 2.45) is 16.7 Å². The maximum atomic E-state index is 13.5. The molecular weight excluding hydrogens is 331 g/mol. The first-order valence-electron chi connectivity index (χ1n) is 9.67. The molecule has 2 aliphatic carbocycles. The second-order valence-electron chi connectivity index (χ2n) is 8.88. The van der Waals surface area contributed by atoms with Crippen LogP contribution in [0.2, 0.25) is 0 Å². The maximum Gasteiger partial charge on any atom is 1.00 e. The van der Waals surface area contributed by atoms with E-state index in [9.17, 15) is 5.11 Å². The number of hydrogen-bond acceptors (Lipinski definition) is 3. The smallest absolute Gasteiger partial charge is 0.851 e. The minimum Gasteiger partial charge on any atom is -0.851 e. The van der Waals surface area contributed by atoms with Gasteiger partial charge in [0.25, 0.3) is 0 Å². The molecule has 4 atom stereocenters. The molecule has 0 saturated heterocycles. The van der Waals surface area contributed by atoms with Gasteiger partial charge in [-0.15, -0.1) is 6.10 Å². The fraction of sp³-hybridized carbons (Fsp3) is 0.652. The molecule has 2 unspecified atom stereocenters. The summed E-state index contributed by atoms with van der Waals surface area (Å²) in [6.45, 7) is 9.03. The molecule has 0 aliphatic heterocycles. The van der Waals surface area contributed by atoms with Gasteiger partial charge in [0.05, 0.1) is 14.2 Å². The summed E-state index contributed by atoms with van der Waals surface area (Å²) in [7, 11) is 3.22. The summed E-state index contributed by atoms with van der Waals surface area (Å²) in [5.74, 6) is 1.11. The molecule has 0 N–H and O–H groups in total. The van der Waals surface area contributed by atoms with E-state index in [-0.39, 0.29) is 41.5 Å². The van der Waals surface area contributed by atoms with Crippen LogP contribution in [0.25, 0.3) is 0 Å². The first-order valence-corrected chi connectivity index (χ1v) is 9.67. The summed E-state index contributed by atoms with van der Waals surface area (Å²) in [6, 6.07) is 8.24. The summed E-state index contributed by atoms with van der Waals surface area (Å²) in [6.07, 6.45) is 5.93. The molecule has 1 aromatic rings. The Morgan fingerprint density at radius 1 is 1.11 bits per heavy atom. The Balaban J connectivity index is 0.00000261. The molecular formula is C23H31LiO3. The first-order chi connectivity index (χ1) is 12.2. The van der Waals surface area contributed by atoms with Crippen molar-refractivity contribution >= 4 is 0 Å². The molecule has 1 fully saturated rings. The van der Waals surface area contributed by atoms with Crippen molar-refractivity contribution in [3.63, 3.8) is 0 Å². The summed E-state index contributed by atoms with van der Waals surface area (Å²) in [4.78, 5) is 0. The third-order valence-electron chi connectivity index (χ3n) is 6.70. The SMILES string of the molecule is COc1c#cc(C2C([O-])[C@H](C)CC=C3C(C)(C)CCC[C@@]32C)cc1OC.[Li+]. The zero-order valence-corrected chi connectivity index (χ0v) is 17.9. The van der Waals surface area contributed by atoms with Crippen LogP contribution < -0.4 is 33.4 Å². The number of rotatable bonds is 3. The monoisotopic (exact) mass is 362 g/mol. The fourth-order valence-corrected chi connectivity index (χ4v) is 5.33. The van der Waals surface area contributed by atoms with Gasteiger partial charge in [-0.3, -0.25) is 0 Å². The van der Waals surface area contributed by atoms with Crippen molar-refractivity contribution in [2.45, 2.75) is 65.4 Å². The summed E-state index contributed by atoms with van der Waals surface area (Å²) < 4.78 is 10.8. The minimum atomic E-state index is -0.676. The number of allylic oxidation sites excluding steroid dienone is 2. The Kier molecular flexibility index (Phi) is 6.69. The van der Waals surface area contributed by atoms with Crippen LogP contribution in [0.15, 0.2) is 17.7 Å². The average Bonchev–Trinajstić information content (AvgIpc) is 2.69. The second-order valence-corrected chi connectivity index (χ2v) is 8.88. The molecule has 2 aliphatic rings. The predicted octanol–water partition coefficient (Wildman–Crippen LogP) is 1.30. The molecule has 0 bridgehead atoms. The van der Waals surface area contributed by atoms with Gasteiger partial charge in [-0.1, -0.05) is 57.7 Å². The van der Waals surface area contributed by atoms with Gasteiger partial charge in [-0.2, -0.15) is 0 Å². The molecule has 4 heteroatoms. The van der Waals surface area contributed by atoms with E-state index in [0.29, 0.717) is 11.5 Å². The number of methoxy groups -OCH3 is 2. The van der Waals surface area contributed by atoms with E-state index in [1.807, 2.05) is 6.07 Å². The molecule has 0 heterocycles. The van der Waals surface area contributed by atoms with Gasteiger partial charge in [-0.05, 0) is 48.1 Å². The normalized spacial score (nSPS) is 32.1. The van der Waals surface area contributed by atoms with Crippen LogP contribution in [0.5, 0.6) is 11.5 Å². The predicted molar refractivity (Wildman–Crippen MR) is 101 cm³/mol. The van der Waals surface area contributed by atoms with Crippen molar-refractivity contribution < 1.29 is 33.4 Å².